The zero-order chi connectivity index (χ0) is 29.0. The lowest BCUT2D eigenvalue weighted by Crippen LogP contribution is -2.14. The third kappa shape index (κ3) is 6.99. The van der Waals surface area contributed by atoms with E-state index in [0.29, 0.717) is 34.2 Å². The number of anilines is 4. The van der Waals surface area contributed by atoms with E-state index < -0.39 is 22.7 Å². The van der Waals surface area contributed by atoms with Crippen molar-refractivity contribution in [1.82, 2.24) is 24.6 Å². The fourth-order valence-corrected chi connectivity index (χ4v) is 4.24. The highest BCUT2D eigenvalue weighted by Crippen LogP contribution is 2.35. The predicted octanol–water partition coefficient (Wildman–Crippen LogP) is 6.09. The van der Waals surface area contributed by atoms with Crippen molar-refractivity contribution in [2.24, 2.45) is 7.05 Å². The molecule has 1 amide bonds. The maximum absolute atomic E-state index is 13.2. The van der Waals surface area contributed by atoms with Crippen LogP contribution in [0.4, 0.5) is 36.3 Å². The maximum Gasteiger partial charge on any atom is 0.417 e. The van der Waals surface area contributed by atoms with Gasteiger partial charge in [0.25, 0.3) is 5.91 Å². The van der Waals surface area contributed by atoms with E-state index in [2.05, 4.69) is 35.9 Å². The van der Waals surface area contributed by atoms with Gasteiger partial charge in [-0.05, 0) is 76.3 Å². The first-order valence-corrected chi connectivity index (χ1v) is 12.9. The second kappa shape index (κ2) is 12.1. The van der Waals surface area contributed by atoms with Crippen molar-refractivity contribution in [3.8, 4) is 0 Å². The lowest BCUT2D eigenvalue weighted by Gasteiger charge is -2.13. The predicted molar refractivity (Wildman–Crippen MR) is 151 cm³/mol. The quantitative estimate of drug-likeness (QED) is 0.197. The SMILES string of the molecule is Cc1ccc(NC(=O)c2ccc(Cl)c(C(F)(F)F)c2)cc1Nc1nn(C)c2nc(NCCCCN(C)C)ncc12. The summed E-state index contributed by atoms with van der Waals surface area (Å²) in [5.41, 5.74) is 1.30. The lowest BCUT2D eigenvalue weighted by molar-refractivity contribution is -0.137. The number of nitrogens with one attached hydrogen (secondary N) is 3. The summed E-state index contributed by atoms with van der Waals surface area (Å²) in [5.74, 6) is 0.341. The first kappa shape index (κ1) is 29.1. The summed E-state index contributed by atoms with van der Waals surface area (Å²) in [4.78, 5) is 23.9. The van der Waals surface area contributed by atoms with Crippen LogP contribution in [0.1, 0.15) is 34.3 Å². The van der Waals surface area contributed by atoms with Crippen molar-refractivity contribution in [2.75, 3.05) is 43.1 Å². The Morgan fingerprint density at radius 1 is 1.12 bits per heavy atom. The molecule has 0 aliphatic rings. The molecule has 40 heavy (non-hydrogen) atoms. The van der Waals surface area contributed by atoms with Crippen molar-refractivity contribution in [3.05, 3.63) is 64.3 Å². The molecule has 4 aromatic rings. The highest BCUT2D eigenvalue weighted by atomic mass is 35.5. The van der Waals surface area contributed by atoms with E-state index in [9.17, 15) is 18.0 Å². The van der Waals surface area contributed by atoms with Gasteiger partial charge < -0.3 is 20.9 Å². The topological polar surface area (TPSA) is 100 Å². The molecule has 0 atom stereocenters. The van der Waals surface area contributed by atoms with Crippen LogP contribution in [0.15, 0.2) is 42.6 Å². The molecule has 9 nitrogen and oxygen atoms in total. The second-order valence-corrected chi connectivity index (χ2v) is 10.0. The van der Waals surface area contributed by atoms with Gasteiger partial charge in [-0.2, -0.15) is 23.3 Å². The van der Waals surface area contributed by atoms with Gasteiger partial charge >= 0.3 is 6.18 Å². The smallest absolute Gasteiger partial charge is 0.354 e. The molecule has 0 aliphatic carbocycles. The molecular weight excluding hydrogens is 545 g/mol. The summed E-state index contributed by atoms with van der Waals surface area (Å²) >= 11 is 5.67. The number of carbonyl (C=O) groups excluding carboxylic acids is 1. The molecule has 0 bridgehead atoms. The Hall–Kier alpha value is -3.90. The van der Waals surface area contributed by atoms with E-state index in [4.69, 9.17) is 11.6 Å². The van der Waals surface area contributed by atoms with Gasteiger partial charge in [0.1, 0.15) is 0 Å². The summed E-state index contributed by atoms with van der Waals surface area (Å²) in [6.45, 7) is 3.65. The number of hydrogen-bond donors (Lipinski definition) is 3. The Bertz CT molecular complexity index is 1520. The molecule has 0 unspecified atom stereocenters. The van der Waals surface area contributed by atoms with Gasteiger partial charge in [0.2, 0.25) is 5.95 Å². The van der Waals surface area contributed by atoms with Gasteiger partial charge in [0, 0.05) is 36.7 Å². The van der Waals surface area contributed by atoms with Gasteiger partial charge in [-0.25, -0.2) is 9.67 Å². The standard InChI is InChI=1S/C27H30ClF3N8O/c1-16-7-9-18(34-25(40)17-8-10-21(28)20(13-17)27(29,30)31)14-22(16)35-23-19-15-33-26(36-24(19)39(4)37-23)32-11-5-6-12-38(2)3/h7-10,13-15H,5-6,11-12H2,1-4H3,(H,34,40)(H,35,37)(H,32,33,36). The largest absolute Gasteiger partial charge is 0.417 e. The number of hydrogen-bond acceptors (Lipinski definition) is 7. The summed E-state index contributed by atoms with van der Waals surface area (Å²) in [6, 6.07) is 8.15. The van der Waals surface area contributed by atoms with E-state index >= 15 is 0 Å². The highest BCUT2D eigenvalue weighted by Gasteiger charge is 2.33. The maximum atomic E-state index is 13.2. The minimum atomic E-state index is -4.67. The molecule has 0 fully saturated rings. The fraction of sp³-hybridized carbons (Fsp3) is 0.333. The normalized spacial score (nSPS) is 11.7. The number of alkyl halides is 3. The van der Waals surface area contributed by atoms with Crippen LogP contribution >= 0.6 is 11.6 Å². The molecule has 0 aliphatic heterocycles. The van der Waals surface area contributed by atoms with Gasteiger partial charge in [-0.1, -0.05) is 17.7 Å². The number of benzene rings is 2. The Morgan fingerprint density at radius 3 is 2.62 bits per heavy atom. The van der Waals surface area contributed by atoms with Crippen LogP contribution < -0.4 is 16.0 Å². The number of amides is 1. The molecule has 2 aromatic carbocycles. The Morgan fingerprint density at radius 2 is 1.90 bits per heavy atom. The molecule has 0 radical (unpaired) electrons. The van der Waals surface area contributed by atoms with Crippen LogP contribution in [-0.2, 0) is 13.2 Å². The zero-order valence-electron chi connectivity index (χ0n) is 22.5. The summed E-state index contributed by atoms with van der Waals surface area (Å²) in [6.07, 6.45) is -0.924. The lowest BCUT2D eigenvalue weighted by atomic mass is 10.1. The number of halogens is 4. The molecule has 3 N–H and O–H groups in total. The monoisotopic (exact) mass is 574 g/mol. The summed E-state index contributed by atoms with van der Waals surface area (Å²) < 4.78 is 41.3. The van der Waals surface area contributed by atoms with Crippen LogP contribution in [-0.4, -0.2) is 57.7 Å². The third-order valence-corrected chi connectivity index (χ3v) is 6.51. The molecule has 0 spiro atoms. The van der Waals surface area contributed by atoms with Crippen molar-refractivity contribution >= 4 is 51.7 Å². The van der Waals surface area contributed by atoms with E-state index in [0.717, 1.165) is 43.6 Å². The first-order valence-electron chi connectivity index (χ1n) is 12.6. The van der Waals surface area contributed by atoms with E-state index in [1.807, 2.05) is 21.0 Å². The molecule has 0 saturated heterocycles. The first-order chi connectivity index (χ1) is 18.9. The van der Waals surface area contributed by atoms with Crippen LogP contribution in [0.3, 0.4) is 0 Å². The molecule has 2 aromatic heterocycles. The van der Waals surface area contributed by atoms with Gasteiger partial charge in [-0.3, -0.25) is 4.79 Å². The Kier molecular flexibility index (Phi) is 8.79. The number of nitrogens with zero attached hydrogens (tertiary/aromatic N) is 5. The van der Waals surface area contributed by atoms with Gasteiger partial charge in [-0.15, -0.1) is 0 Å². The zero-order valence-corrected chi connectivity index (χ0v) is 23.3. The minimum absolute atomic E-state index is 0.165. The summed E-state index contributed by atoms with van der Waals surface area (Å²) in [5, 5.41) is 13.9. The van der Waals surface area contributed by atoms with Crippen molar-refractivity contribution in [1.29, 1.82) is 0 Å². The van der Waals surface area contributed by atoms with E-state index in [-0.39, 0.29) is 5.56 Å². The molecule has 2 heterocycles. The summed E-state index contributed by atoms with van der Waals surface area (Å²) in [7, 11) is 5.87. The average molecular weight is 575 g/mol. The Balaban J connectivity index is 1.49. The number of aromatic nitrogens is 4. The highest BCUT2D eigenvalue weighted by molar-refractivity contribution is 6.31. The van der Waals surface area contributed by atoms with Crippen LogP contribution in [0.5, 0.6) is 0 Å². The van der Waals surface area contributed by atoms with Crippen LogP contribution in [0.25, 0.3) is 11.0 Å². The second-order valence-electron chi connectivity index (χ2n) is 9.64. The van der Waals surface area contributed by atoms with Gasteiger partial charge in [0.15, 0.2) is 11.5 Å². The van der Waals surface area contributed by atoms with Crippen molar-refractivity contribution < 1.29 is 18.0 Å². The van der Waals surface area contributed by atoms with Crippen molar-refractivity contribution in [2.45, 2.75) is 25.9 Å². The molecule has 13 heteroatoms. The molecule has 4 rings (SSSR count). The molecule has 0 saturated carbocycles. The van der Waals surface area contributed by atoms with Crippen LogP contribution in [0.2, 0.25) is 5.02 Å². The fourth-order valence-electron chi connectivity index (χ4n) is 4.02. The average Bonchev–Trinajstić information content (AvgIpc) is 3.19. The minimum Gasteiger partial charge on any atom is -0.354 e. The molecule has 212 valence electrons. The van der Waals surface area contributed by atoms with Crippen molar-refractivity contribution in [3.63, 3.8) is 0 Å². The van der Waals surface area contributed by atoms with Crippen LogP contribution in [0, 0.1) is 6.92 Å². The van der Waals surface area contributed by atoms with E-state index in [1.165, 1.54) is 6.07 Å². The Labute approximate surface area is 234 Å². The number of carbonyl (C=O) groups is 1. The third-order valence-electron chi connectivity index (χ3n) is 6.18. The number of aryl methyl sites for hydroxylation is 2. The van der Waals surface area contributed by atoms with Gasteiger partial charge in [0.05, 0.1) is 16.0 Å². The molecular formula is C27H30ClF3N8O. The number of fused-ring (bicyclic) bond motifs is 1. The van der Waals surface area contributed by atoms with E-state index in [1.54, 1.807) is 36.1 Å². The number of rotatable bonds is 10. The number of unbranched alkanes of at least 4 members (excludes halogenated alkanes) is 1.